The smallest absolute Gasteiger partial charge is 0.305 e. The van der Waals surface area contributed by atoms with E-state index in [1.807, 2.05) is 17.5 Å². The molecule has 0 spiro atoms. The molecular weight excluding hydrogens is 409 g/mol. The second-order valence-corrected chi connectivity index (χ2v) is 7.41. The molecule has 0 aliphatic carbocycles. The van der Waals surface area contributed by atoms with Gasteiger partial charge in [0, 0.05) is 23.6 Å². The first-order valence-electron chi connectivity index (χ1n) is 8.22. The van der Waals surface area contributed by atoms with Gasteiger partial charge in [-0.3, -0.25) is 4.79 Å². The molecule has 2 heterocycles. The highest BCUT2D eigenvalue weighted by molar-refractivity contribution is 7.14. The number of rotatable bonds is 8. The van der Waals surface area contributed by atoms with Crippen LogP contribution in [0, 0.1) is 0 Å². The second kappa shape index (κ2) is 9.32. The zero-order chi connectivity index (χ0) is 19.2. The summed E-state index contributed by atoms with van der Waals surface area (Å²) in [6, 6.07) is 7.35. The monoisotopic (exact) mass is 425 g/mol. The maximum atomic E-state index is 11.1. The van der Waals surface area contributed by atoms with Crippen molar-refractivity contribution in [1.82, 2.24) is 15.5 Å². The Morgan fingerprint density at radius 1 is 1.30 bits per heavy atom. The molecule has 1 aromatic carbocycles. The molecule has 142 valence electrons. The van der Waals surface area contributed by atoms with E-state index in [-0.39, 0.29) is 5.97 Å². The predicted molar refractivity (Wildman–Crippen MR) is 106 cm³/mol. The minimum absolute atomic E-state index is 0.212. The molecule has 1 N–H and O–H groups in total. The summed E-state index contributed by atoms with van der Waals surface area (Å²) < 4.78 is 9.95. The molecule has 0 amide bonds. The molecular formula is C18H17Cl2N3O3S. The fraction of sp³-hybridized carbons (Fsp3) is 0.278. The maximum Gasteiger partial charge on any atom is 0.305 e. The summed E-state index contributed by atoms with van der Waals surface area (Å²) in [6.07, 6.45) is 1.08. The lowest BCUT2D eigenvalue weighted by atomic mass is 10.1. The zero-order valence-electron chi connectivity index (χ0n) is 14.5. The maximum absolute atomic E-state index is 11.1. The van der Waals surface area contributed by atoms with Crippen molar-refractivity contribution in [3.05, 3.63) is 45.3 Å². The number of hydrogen-bond acceptors (Lipinski definition) is 7. The number of nitrogens with one attached hydrogen (secondary N) is 1. The number of thiophene rings is 1. The molecule has 9 heteroatoms. The summed E-state index contributed by atoms with van der Waals surface area (Å²) in [4.78, 5) is 16.3. The van der Waals surface area contributed by atoms with Gasteiger partial charge in [0.2, 0.25) is 5.82 Å². The van der Waals surface area contributed by atoms with Gasteiger partial charge < -0.3 is 14.6 Å². The summed E-state index contributed by atoms with van der Waals surface area (Å²) in [5.74, 6) is 0.649. The molecule has 0 aliphatic heterocycles. The van der Waals surface area contributed by atoms with Crippen LogP contribution in [0.25, 0.3) is 22.2 Å². The Morgan fingerprint density at radius 3 is 2.89 bits per heavy atom. The third kappa shape index (κ3) is 5.07. The number of hydrogen-bond donors (Lipinski definition) is 1. The molecule has 0 atom stereocenters. The number of esters is 1. The van der Waals surface area contributed by atoms with Crippen molar-refractivity contribution >= 4 is 40.5 Å². The zero-order valence-corrected chi connectivity index (χ0v) is 16.8. The lowest BCUT2D eigenvalue weighted by Crippen LogP contribution is -2.16. The van der Waals surface area contributed by atoms with Gasteiger partial charge in [-0.15, -0.1) is 11.3 Å². The average molecular weight is 426 g/mol. The van der Waals surface area contributed by atoms with Gasteiger partial charge in [-0.1, -0.05) is 28.4 Å². The number of carbonyl (C=O) groups is 1. The van der Waals surface area contributed by atoms with Crippen LogP contribution in [0.4, 0.5) is 0 Å². The van der Waals surface area contributed by atoms with Crippen LogP contribution in [-0.4, -0.2) is 29.8 Å². The molecule has 0 fully saturated rings. The van der Waals surface area contributed by atoms with Crippen molar-refractivity contribution in [2.24, 2.45) is 0 Å². The average Bonchev–Trinajstić information content (AvgIpc) is 3.31. The van der Waals surface area contributed by atoms with Gasteiger partial charge in [0.1, 0.15) is 4.88 Å². The first-order valence-corrected chi connectivity index (χ1v) is 9.85. The van der Waals surface area contributed by atoms with Crippen LogP contribution in [-0.2, 0) is 16.1 Å². The van der Waals surface area contributed by atoms with Gasteiger partial charge in [-0.05, 0) is 48.2 Å². The number of methoxy groups -OCH3 is 1. The molecule has 0 unspecified atom stereocenters. The molecule has 0 saturated heterocycles. The predicted octanol–water partition coefficient (Wildman–Crippen LogP) is 4.81. The van der Waals surface area contributed by atoms with Crippen molar-refractivity contribution < 1.29 is 14.1 Å². The van der Waals surface area contributed by atoms with Crippen LogP contribution in [0.2, 0.25) is 10.0 Å². The molecule has 6 nitrogen and oxygen atoms in total. The van der Waals surface area contributed by atoms with Crippen molar-refractivity contribution in [1.29, 1.82) is 0 Å². The Hall–Kier alpha value is -1.93. The number of halogens is 2. The Labute approximate surface area is 170 Å². The van der Waals surface area contributed by atoms with Gasteiger partial charge >= 0.3 is 5.97 Å². The highest BCUT2D eigenvalue weighted by atomic mass is 35.5. The quantitative estimate of drug-likeness (QED) is 0.411. The van der Waals surface area contributed by atoms with Crippen molar-refractivity contribution in [3.63, 3.8) is 0 Å². The van der Waals surface area contributed by atoms with E-state index in [4.69, 9.17) is 27.7 Å². The van der Waals surface area contributed by atoms with E-state index >= 15 is 0 Å². The fourth-order valence-corrected chi connectivity index (χ4v) is 3.65. The van der Waals surface area contributed by atoms with E-state index in [1.165, 1.54) is 18.4 Å². The summed E-state index contributed by atoms with van der Waals surface area (Å²) >= 11 is 13.8. The lowest BCUT2D eigenvalue weighted by molar-refractivity contribution is -0.140. The number of aromatic nitrogens is 2. The minimum Gasteiger partial charge on any atom is -0.469 e. The van der Waals surface area contributed by atoms with Gasteiger partial charge in [0.25, 0.3) is 5.89 Å². The molecule has 2 aromatic heterocycles. The number of ether oxygens (including phenoxy) is 1. The highest BCUT2D eigenvalue weighted by Crippen LogP contribution is 2.33. The molecule has 0 bridgehead atoms. The molecule has 0 radical (unpaired) electrons. The van der Waals surface area contributed by atoms with Crippen molar-refractivity contribution in [2.45, 2.75) is 19.4 Å². The van der Waals surface area contributed by atoms with E-state index < -0.39 is 0 Å². The number of carbonyl (C=O) groups excluding carboxylic acids is 1. The van der Waals surface area contributed by atoms with E-state index in [9.17, 15) is 4.79 Å². The van der Waals surface area contributed by atoms with E-state index in [0.29, 0.717) is 47.7 Å². The molecule has 3 aromatic rings. The first-order chi connectivity index (χ1) is 13.1. The SMILES string of the molecule is COC(=O)CCCNCc1cc(-c2noc(-c3sccc3Cl)n2)ccc1Cl. The van der Waals surface area contributed by atoms with E-state index in [0.717, 1.165) is 16.0 Å². The van der Waals surface area contributed by atoms with Crippen LogP contribution in [0.15, 0.2) is 34.2 Å². The van der Waals surface area contributed by atoms with E-state index in [1.54, 1.807) is 12.1 Å². The van der Waals surface area contributed by atoms with E-state index in [2.05, 4.69) is 20.2 Å². The van der Waals surface area contributed by atoms with Crippen LogP contribution in [0.5, 0.6) is 0 Å². The van der Waals surface area contributed by atoms with Gasteiger partial charge in [0.15, 0.2) is 0 Å². The van der Waals surface area contributed by atoms with Gasteiger partial charge in [-0.2, -0.15) is 4.98 Å². The lowest BCUT2D eigenvalue weighted by Gasteiger charge is -2.08. The molecule has 0 aliphatic rings. The standard InChI is InChI=1S/C18H17Cl2N3O3S/c1-25-15(24)3-2-7-21-10-12-9-11(4-5-13(12)19)17-22-18(26-23-17)16-14(20)6-8-27-16/h4-6,8-9,21H,2-3,7,10H2,1H3. The minimum atomic E-state index is -0.212. The third-order valence-corrected chi connectivity index (χ3v) is 5.52. The van der Waals surface area contributed by atoms with Crippen molar-refractivity contribution in [2.75, 3.05) is 13.7 Å². The van der Waals surface area contributed by atoms with Gasteiger partial charge in [0.05, 0.1) is 12.1 Å². The topological polar surface area (TPSA) is 77.2 Å². The Morgan fingerprint density at radius 2 is 2.15 bits per heavy atom. The van der Waals surface area contributed by atoms with Crippen LogP contribution < -0.4 is 5.32 Å². The summed E-state index contributed by atoms with van der Waals surface area (Å²) in [5, 5.41) is 10.4. The van der Waals surface area contributed by atoms with Gasteiger partial charge in [-0.25, -0.2) is 0 Å². The number of benzene rings is 1. The molecule has 3 rings (SSSR count). The van der Waals surface area contributed by atoms with Crippen LogP contribution >= 0.6 is 34.5 Å². The molecule has 27 heavy (non-hydrogen) atoms. The Balaban J connectivity index is 1.66. The first kappa shape index (κ1) is 19.8. The highest BCUT2D eigenvalue weighted by Gasteiger charge is 2.15. The summed E-state index contributed by atoms with van der Waals surface area (Å²) in [7, 11) is 1.39. The second-order valence-electron chi connectivity index (χ2n) is 5.68. The summed E-state index contributed by atoms with van der Waals surface area (Å²) in [6.45, 7) is 1.24. The summed E-state index contributed by atoms with van der Waals surface area (Å²) in [5.41, 5.74) is 1.71. The largest absolute Gasteiger partial charge is 0.469 e. The van der Waals surface area contributed by atoms with Crippen LogP contribution in [0.1, 0.15) is 18.4 Å². The van der Waals surface area contributed by atoms with Crippen molar-refractivity contribution in [3.8, 4) is 22.2 Å². The van der Waals surface area contributed by atoms with Crippen LogP contribution in [0.3, 0.4) is 0 Å². The Bertz CT molecular complexity index is 926. The Kier molecular flexibility index (Phi) is 6.84. The fourth-order valence-electron chi connectivity index (χ4n) is 2.41. The third-order valence-electron chi connectivity index (χ3n) is 3.82. The number of nitrogens with zero attached hydrogens (tertiary/aromatic N) is 2. The normalized spacial score (nSPS) is 10.9. The molecule has 0 saturated carbocycles.